The van der Waals surface area contributed by atoms with E-state index in [1.165, 1.54) is 0 Å². The van der Waals surface area contributed by atoms with Crippen LogP contribution in [0.2, 0.25) is 0 Å². The van der Waals surface area contributed by atoms with Crippen molar-refractivity contribution in [2.24, 2.45) is 0 Å². The molecule has 2 N–H and O–H groups in total. The van der Waals surface area contributed by atoms with E-state index >= 15 is 0 Å². The summed E-state index contributed by atoms with van der Waals surface area (Å²) >= 11 is 0. The van der Waals surface area contributed by atoms with Crippen LogP contribution in [-0.2, 0) is 14.3 Å². The quantitative estimate of drug-likeness (QED) is 0.795. The zero-order chi connectivity index (χ0) is 18.6. The molecule has 0 aliphatic carbocycles. The predicted molar refractivity (Wildman–Crippen MR) is 91.0 cm³/mol. The van der Waals surface area contributed by atoms with E-state index in [4.69, 9.17) is 9.47 Å². The Hall–Kier alpha value is -2.83. The number of esters is 2. The number of hydrogen-bond donors (Lipinski definition) is 2. The molecule has 134 valence electrons. The number of benzene rings is 1. The van der Waals surface area contributed by atoms with Crippen molar-refractivity contribution in [2.45, 2.75) is 33.7 Å². The lowest BCUT2D eigenvalue weighted by Gasteiger charge is -2.26. The van der Waals surface area contributed by atoms with Crippen LogP contribution in [0.3, 0.4) is 0 Å². The third kappa shape index (κ3) is 4.37. The second kappa shape index (κ2) is 7.83. The maximum absolute atomic E-state index is 12.3. The highest BCUT2D eigenvalue weighted by molar-refractivity contribution is 5.95. The van der Waals surface area contributed by atoms with Gasteiger partial charge in [-0.2, -0.15) is 0 Å². The highest BCUT2D eigenvalue weighted by atomic mass is 16.5. The van der Waals surface area contributed by atoms with Crippen LogP contribution in [-0.4, -0.2) is 37.2 Å². The number of rotatable bonds is 5. The third-order valence-corrected chi connectivity index (χ3v) is 3.83. The summed E-state index contributed by atoms with van der Waals surface area (Å²) in [6.07, 6.45) is 0. The number of aryl methyl sites for hydroxylation is 2. The van der Waals surface area contributed by atoms with E-state index in [9.17, 15) is 14.4 Å². The molecular weight excluding hydrogens is 324 g/mol. The molecule has 1 aromatic carbocycles. The average molecular weight is 346 g/mol. The third-order valence-electron chi connectivity index (χ3n) is 3.83. The lowest BCUT2D eigenvalue weighted by Crippen LogP contribution is -2.50. The molecule has 0 radical (unpaired) electrons. The number of hydrogen-bond acceptors (Lipinski definition) is 5. The van der Waals surface area contributed by atoms with Crippen LogP contribution in [0.25, 0.3) is 0 Å². The Labute approximate surface area is 146 Å². The maximum atomic E-state index is 12.3. The summed E-state index contributed by atoms with van der Waals surface area (Å²) in [6.45, 7) is 7.03. The molecule has 2 amide bonds. The van der Waals surface area contributed by atoms with Gasteiger partial charge < -0.3 is 20.1 Å². The minimum absolute atomic E-state index is 0.207. The van der Waals surface area contributed by atoms with Crippen molar-refractivity contribution in [2.75, 3.05) is 13.2 Å². The van der Waals surface area contributed by atoms with Gasteiger partial charge in [-0.25, -0.2) is 14.4 Å². The van der Waals surface area contributed by atoms with Crippen molar-refractivity contribution in [3.05, 3.63) is 46.2 Å². The van der Waals surface area contributed by atoms with E-state index < -0.39 is 24.0 Å². The van der Waals surface area contributed by atoms with Gasteiger partial charge >= 0.3 is 18.0 Å². The fourth-order valence-corrected chi connectivity index (χ4v) is 2.56. The van der Waals surface area contributed by atoms with Crippen LogP contribution >= 0.6 is 0 Å². The van der Waals surface area contributed by atoms with Crippen LogP contribution in [0.5, 0.6) is 0 Å². The number of ether oxygens (including phenoxy) is 2. The Kier molecular flexibility index (Phi) is 5.80. The van der Waals surface area contributed by atoms with E-state index in [0.717, 1.165) is 11.1 Å². The smallest absolute Gasteiger partial charge is 0.338 e. The molecular formula is C18H22N2O5. The summed E-state index contributed by atoms with van der Waals surface area (Å²) in [5, 5.41) is 5.11. The summed E-state index contributed by atoms with van der Waals surface area (Å²) in [6, 6.07) is 4.48. The van der Waals surface area contributed by atoms with Gasteiger partial charge in [-0.05, 0) is 39.3 Å². The topological polar surface area (TPSA) is 93.7 Å². The number of carbonyl (C=O) groups excluding carboxylic acids is 3. The summed E-state index contributed by atoms with van der Waals surface area (Å²) in [7, 11) is 0. The number of urea groups is 1. The molecule has 1 heterocycles. The monoisotopic (exact) mass is 346 g/mol. The maximum Gasteiger partial charge on any atom is 0.338 e. The van der Waals surface area contributed by atoms with Crippen molar-refractivity contribution in [3.63, 3.8) is 0 Å². The molecule has 7 heteroatoms. The van der Waals surface area contributed by atoms with Crippen molar-refractivity contribution in [1.29, 1.82) is 0 Å². The van der Waals surface area contributed by atoms with Crippen molar-refractivity contribution < 1.29 is 23.9 Å². The van der Waals surface area contributed by atoms with Crippen LogP contribution < -0.4 is 10.6 Å². The fourth-order valence-electron chi connectivity index (χ4n) is 2.56. The predicted octanol–water partition coefficient (Wildman–Crippen LogP) is 1.98. The average Bonchev–Trinajstić information content (AvgIpc) is 2.54. The second-order valence-corrected chi connectivity index (χ2v) is 5.83. The summed E-state index contributed by atoms with van der Waals surface area (Å²) in [5.41, 5.74) is 2.65. The lowest BCUT2D eigenvalue weighted by atomic mass is 10.0. The molecule has 1 aliphatic rings. The zero-order valence-corrected chi connectivity index (χ0v) is 14.8. The second-order valence-electron chi connectivity index (χ2n) is 5.83. The molecule has 0 saturated heterocycles. The Morgan fingerprint density at radius 1 is 1.16 bits per heavy atom. The van der Waals surface area contributed by atoms with E-state index in [0.29, 0.717) is 5.56 Å². The van der Waals surface area contributed by atoms with Gasteiger partial charge in [0.2, 0.25) is 0 Å². The molecule has 1 aliphatic heterocycles. The minimum Gasteiger partial charge on any atom is -0.463 e. The van der Waals surface area contributed by atoms with Gasteiger partial charge in [0.25, 0.3) is 0 Å². The van der Waals surface area contributed by atoms with E-state index in [1.807, 2.05) is 26.0 Å². The van der Waals surface area contributed by atoms with E-state index in [-0.39, 0.29) is 24.5 Å². The minimum atomic E-state index is -0.555. The first-order valence-electron chi connectivity index (χ1n) is 8.05. The van der Waals surface area contributed by atoms with Gasteiger partial charge in [-0.1, -0.05) is 17.7 Å². The Morgan fingerprint density at radius 3 is 2.56 bits per heavy atom. The first-order valence-corrected chi connectivity index (χ1v) is 8.05. The number of carbonyl (C=O) groups is 3. The van der Waals surface area contributed by atoms with Gasteiger partial charge in [0.15, 0.2) is 0 Å². The normalized spacial score (nSPS) is 16.8. The largest absolute Gasteiger partial charge is 0.463 e. The highest BCUT2D eigenvalue weighted by Crippen LogP contribution is 2.16. The molecule has 7 nitrogen and oxygen atoms in total. The lowest BCUT2D eigenvalue weighted by molar-refractivity contribution is -0.139. The number of nitrogens with one attached hydrogen (secondary N) is 2. The Bertz CT molecular complexity index is 739. The molecule has 1 atom stereocenters. The van der Waals surface area contributed by atoms with Crippen molar-refractivity contribution in [1.82, 2.24) is 10.6 Å². The summed E-state index contributed by atoms with van der Waals surface area (Å²) in [4.78, 5) is 36.1. The highest BCUT2D eigenvalue weighted by Gasteiger charge is 2.30. The zero-order valence-electron chi connectivity index (χ0n) is 14.8. The van der Waals surface area contributed by atoms with Crippen LogP contribution in [0.4, 0.5) is 4.79 Å². The van der Waals surface area contributed by atoms with E-state index in [1.54, 1.807) is 19.9 Å². The fraction of sp³-hybridized carbons (Fsp3) is 0.389. The Balaban J connectivity index is 2.21. The van der Waals surface area contributed by atoms with Crippen LogP contribution in [0.1, 0.15) is 35.3 Å². The van der Waals surface area contributed by atoms with Gasteiger partial charge in [-0.3, -0.25) is 0 Å². The molecule has 1 unspecified atom stereocenters. The summed E-state index contributed by atoms with van der Waals surface area (Å²) in [5.74, 6) is -1.07. The van der Waals surface area contributed by atoms with E-state index in [2.05, 4.69) is 10.6 Å². The molecule has 0 saturated carbocycles. The Morgan fingerprint density at radius 2 is 1.88 bits per heavy atom. The molecule has 0 fully saturated rings. The first-order chi connectivity index (χ1) is 11.8. The van der Waals surface area contributed by atoms with Gasteiger partial charge in [-0.15, -0.1) is 0 Å². The standard InChI is InChI=1S/C18H22N2O5/c1-5-24-17(22)15-12(4)19-18(23)20-14(15)9-25-16(21)13-8-10(2)6-7-11(13)3/h6-8,12H,5,9H2,1-4H3,(H2,19,20,23). The van der Waals surface area contributed by atoms with Crippen LogP contribution in [0, 0.1) is 13.8 Å². The van der Waals surface area contributed by atoms with Gasteiger partial charge in [0.05, 0.1) is 29.5 Å². The summed E-state index contributed by atoms with van der Waals surface area (Å²) < 4.78 is 10.3. The molecule has 0 spiro atoms. The number of amides is 2. The molecule has 2 rings (SSSR count). The first kappa shape index (κ1) is 18.5. The molecule has 0 aromatic heterocycles. The SMILES string of the molecule is CCOC(=O)C1=C(COC(=O)c2cc(C)ccc2C)NC(=O)NC1C. The van der Waals surface area contributed by atoms with Gasteiger partial charge in [0, 0.05) is 0 Å². The van der Waals surface area contributed by atoms with Crippen molar-refractivity contribution >= 4 is 18.0 Å². The van der Waals surface area contributed by atoms with Crippen molar-refractivity contribution in [3.8, 4) is 0 Å². The molecule has 1 aromatic rings. The van der Waals surface area contributed by atoms with Gasteiger partial charge in [0.1, 0.15) is 6.61 Å². The van der Waals surface area contributed by atoms with Crippen LogP contribution in [0.15, 0.2) is 29.5 Å². The molecule has 25 heavy (non-hydrogen) atoms. The molecule has 0 bridgehead atoms.